The van der Waals surface area contributed by atoms with Crippen LogP contribution < -0.4 is 10.6 Å². The van der Waals surface area contributed by atoms with E-state index in [-0.39, 0.29) is 5.84 Å². The molecule has 2 rings (SSSR count). The number of hydrogen-bond donors (Lipinski definition) is 2. The van der Waals surface area contributed by atoms with Gasteiger partial charge in [-0.05, 0) is 37.3 Å². The van der Waals surface area contributed by atoms with Gasteiger partial charge in [0.05, 0.1) is 5.69 Å². The Morgan fingerprint density at radius 3 is 2.89 bits per heavy atom. The molecule has 104 valence electrons. The molecule has 1 saturated carbocycles. The van der Waals surface area contributed by atoms with Crippen LogP contribution in [0, 0.1) is 5.92 Å². The minimum atomic E-state index is 0.0748. The molecule has 0 aliphatic heterocycles. The van der Waals surface area contributed by atoms with E-state index in [1.54, 1.807) is 6.20 Å². The van der Waals surface area contributed by atoms with Crippen molar-refractivity contribution in [3.8, 4) is 0 Å². The molecule has 19 heavy (non-hydrogen) atoms. The minimum Gasteiger partial charge on any atom is -0.409 e. The number of nitrogens with two attached hydrogens (primary N) is 1. The normalized spacial score (nSPS) is 15.8. The Bertz CT molecular complexity index is 455. The first-order chi connectivity index (χ1) is 9.13. The van der Waals surface area contributed by atoms with Gasteiger partial charge >= 0.3 is 0 Å². The maximum atomic E-state index is 8.87. The molecular formula is C14H22N4O. The number of nitrogens with zero attached hydrogens (tertiary/aromatic N) is 3. The van der Waals surface area contributed by atoms with E-state index in [1.165, 1.54) is 12.8 Å². The fourth-order valence-corrected chi connectivity index (χ4v) is 2.16. The fourth-order valence-electron chi connectivity index (χ4n) is 2.16. The Morgan fingerprint density at radius 2 is 2.32 bits per heavy atom. The van der Waals surface area contributed by atoms with Gasteiger partial charge in [0.25, 0.3) is 0 Å². The zero-order valence-corrected chi connectivity index (χ0v) is 11.6. The highest BCUT2D eigenvalue weighted by atomic mass is 16.4. The molecule has 0 saturated heterocycles. The zero-order chi connectivity index (χ0) is 13.8. The summed E-state index contributed by atoms with van der Waals surface area (Å²) in [6, 6.07) is 4.47. The van der Waals surface area contributed by atoms with Crippen LogP contribution in [0.4, 0.5) is 5.69 Å². The van der Waals surface area contributed by atoms with E-state index in [4.69, 9.17) is 10.9 Å². The Hall–Kier alpha value is -1.78. The van der Waals surface area contributed by atoms with Gasteiger partial charge in [-0.3, -0.25) is 4.98 Å². The topological polar surface area (TPSA) is 74.7 Å². The molecule has 1 aromatic heterocycles. The van der Waals surface area contributed by atoms with Crippen LogP contribution in [0.1, 0.15) is 38.8 Å². The van der Waals surface area contributed by atoms with E-state index in [0.29, 0.717) is 17.7 Å². The van der Waals surface area contributed by atoms with Crippen molar-refractivity contribution < 1.29 is 5.21 Å². The van der Waals surface area contributed by atoms with Crippen LogP contribution in [0.3, 0.4) is 0 Å². The Morgan fingerprint density at radius 1 is 1.58 bits per heavy atom. The summed E-state index contributed by atoms with van der Waals surface area (Å²) in [4.78, 5) is 6.60. The molecule has 0 bridgehead atoms. The first kappa shape index (κ1) is 13.6. The predicted octanol–water partition coefficient (Wildman–Crippen LogP) is 2.19. The first-order valence-corrected chi connectivity index (χ1v) is 6.83. The third kappa shape index (κ3) is 3.36. The molecule has 0 radical (unpaired) electrons. The summed E-state index contributed by atoms with van der Waals surface area (Å²) in [7, 11) is 0. The third-order valence-electron chi connectivity index (χ3n) is 3.38. The van der Waals surface area contributed by atoms with Crippen molar-refractivity contribution in [3.63, 3.8) is 0 Å². The second kappa shape index (κ2) is 5.91. The molecule has 0 atom stereocenters. The maximum Gasteiger partial charge on any atom is 0.190 e. The maximum absolute atomic E-state index is 8.87. The Kier molecular flexibility index (Phi) is 4.24. The van der Waals surface area contributed by atoms with Crippen molar-refractivity contribution in [3.05, 3.63) is 24.0 Å². The molecule has 5 nitrogen and oxygen atoms in total. The van der Waals surface area contributed by atoms with Crippen molar-refractivity contribution in [2.75, 3.05) is 11.4 Å². The van der Waals surface area contributed by atoms with E-state index in [1.807, 2.05) is 12.1 Å². The van der Waals surface area contributed by atoms with E-state index >= 15 is 0 Å². The standard InChI is InChI=1S/C14H22N4O/c1-10(2)7-9-18(11-5-6-11)12-4-3-8-16-13(12)14(15)17-19/h3-4,8,10-11,19H,5-7,9H2,1-2H3,(H2,15,17). The monoisotopic (exact) mass is 262 g/mol. The van der Waals surface area contributed by atoms with Crippen LogP contribution in [0.25, 0.3) is 0 Å². The molecule has 1 aliphatic rings. The van der Waals surface area contributed by atoms with Crippen LogP contribution in [0.5, 0.6) is 0 Å². The molecule has 1 aliphatic carbocycles. The van der Waals surface area contributed by atoms with Crippen molar-refractivity contribution in [2.45, 2.75) is 39.2 Å². The van der Waals surface area contributed by atoms with Crippen LogP contribution in [0.2, 0.25) is 0 Å². The third-order valence-corrected chi connectivity index (χ3v) is 3.38. The Balaban J connectivity index is 2.26. The van der Waals surface area contributed by atoms with Gasteiger partial charge in [-0.25, -0.2) is 0 Å². The molecule has 0 aromatic carbocycles. The molecule has 1 fully saturated rings. The summed E-state index contributed by atoms with van der Waals surface area (Å²) < 4.78 is 0. The highest BCUT2D eigenvalue weighted by Crippen LogP contribution is 2.33. The van der Waals surface area contributed by atoms with Crippen molar-refractivity contribution >= 4 is 11.5 Å². The van der Waals surface area contributed by atoms with Crippen molar-refractivity contribution in [1.29, 1.82) is 0 Å². The van der Waals surface area contributed by atoms with Crippen LogP contribution in [-0.4, -0.2) is 28.6 Å². The van der Waals surface area contributed by atoms with Crippen molar-refractivity contribution in [2.24, 2.45) is 16.8 Å². The summed E-state index contributed by atoms with van der Waals surface area (Å²) >= 11 is 0. The second-order valence-corrected chi connectivity index (χ2v) is 5.46. The zero-order valence-electron chi connectivity index (χ0n) is 11.6. The van der Waals surface area contributed by atoms with Crippen LogP contribution in [-0.2, 0) is 0 Å². The van der Waals surface area contributed by atoms with Gasteiger partial charge < -0.3 is 15.8 Å². The van der Waals surface area contributed by atoms with E-state index in [2.05, 4.69) is 28.9 Å². The smallest absolute Gasteiger partial charge is 0.190 e. The average Bonchev–Trinajstić information content (AvgIpc) is 3.23. The Labute approximate surface area is 114 Å². The molecule has 0 unspecified atom stereocenters. The molecular weight excluding hydrogens is 240 g/mol. The molecule has 1 heterocycles. The van der Waals surface area contributed by atoms with Gasteiger partial charge in [0.1, 0.15) is 5.69 Å². The van der Waals surface area contributed by atoms with E-state index < -0.39 is 0 Å². The van der Waals surface area contributed by atoms with Crippen molar-refractivity contribution in [1.82, 2.24) is 4.98 Å². The summed E-state index contributed by atoms with van der Waals surface area (Å²) in [5.74, 6) is 0.732. The summed E-state index contributed by atoms with van der Waals surface area (Å²) in [6.45, 7) is 5.43. The molecule has 0 spiro atoms. The summed E-state index contributed by atoms with van der Waals surface area (Å²) in [5, 5.41) is 12.0. The lowest BCUT2D eigenvalue weighted by atomic mass is 10.1. The predicted molar refractivity (Wildman–Crippen MR) is 76.6 cm³/mol. The van der Waals surface area contributed by atoms with Gasteiger partial charge in [-0.1, -0.05) is 19.0 Å². The molecule has 1 aromatic rings. The average molecular weight is 262 g/mol. The number of hydrogen-bond acceptors (Lipinski definition) is 4. The number of pyridine rings is 1. The van der Waals surface area contributed by atoms with Gasteiger partial charge in [-0.15, -0.1) is 0 Å². The number of anilines is 1. The summed E-state index contributed by atoms with van der Waals surface area (Å²) in [5.41, 5.74) is 7.26. The lowest BCUT2D eigenvalue weighted by molar-refractivity contribution is 0.318. The number of rotatable bonds is 6. The number of aromatic nitrogens is 1. The largest absolute Gasteiger partial charge is 0.409 e. The SMILES string of the molecule is CC(C)CCN(c1cccnc1/C(N)=N/O)C1CC1. The highest BCUT2D eigenvalue weighted by molar-refractivity contribution is 6.00. The van der Waals surface area contributed by atoms with Gasteiger partial charge in [-0.2, -0.15) is 0 Å². The molecule has 0 amide bonds. The molecule has 3 N–H and O–H groups in total. The lowest BCUT2D eigenvalue weighted by Crippen LogP contribution is -2.31. The van der Waals surface area contributed by atoms with Crippen LogP contribution >= 0.6 is 0 Å². The highest BCUT2D eigenvalue weighted by Gasteiger charge is 2.31. The molecule has 5 heteroatoms. The van der Waals surface area contributed by atoms with Gasteiger partial charge in [0, 0.05) is 18.8 Å². The summed E-state index contributed by atoms with van der Waals surface area (Å²) in [6.07, 6.45) is 5.22. The lowest BCUT2D eigenvalue weighted by Gasteiger charge is -2.27. The van der Waals surface area contributed by atoms with E-state index in [9.17, 15) is 0 Å². The first-order valence-electron chi connectivity index (χ1n) is 6.83. The quantitative estimate of drug-likeness (QED) is 0.357. The fraction of sp³-hybridized carbons (Fsp3) is 0.571. The number of amidine groups is 1. The minimum absolute atomic E-state index is 0.0748. The second-order valence-electron chi connectivity index (χ2n) is 5.46. The number of oxime groups is 1. The van der Waals surface area contributed by atoms with Gasteiger partial charge in [0.2, 0.25) is 0 Å². The van der Waals surface area contributed by atoms with Crippen LogP contribution in [0.15, 0.2) is 23.5 Å². The van der Waals surface area contributed by atoms with Gasteiger partial charge in [0.15, 0.2) is 5.84 Å². The van der Waals surface area contributed by atoms with E-state index in [0.717, 1.165) is 18.7 Å².